The smallest absolute Gasteiger partial charge is 0.119 e. The quantitative estimate of drug-likeness (QED) is 0.799. The van der Waals surface area contributed by atoms with Crippen LogP contribution in [0.4, 0.5) is 0 Å². The lowest BCUT2D eigenvalue weighted by Gasteiger charge is -2.10. The highest BCUT2D eigenvalue weighted by molar-refractivity contribution is 5.36. The number of rotatable bonds is 4. The molecule has 0 amide bonds. The summed E-state index contributed by atoms with van der Waals surface area (Å²) in [6, 6.07) is 17.2. The van der Waals surface area contributed by atoms with Gasteiger partial charge in [-0.15, -0.1) is 0 Å². The molecule has 1 N–H and O–H groups in total. The molecule has 1 aromatic heterocycles. The lowest BCUT2D eigenvalue weighted by atomic mass is 10.0. The van der Waals surface area contributed by atoms with Gasteiger partial charge >= 0.3 is 0 Å². The van der Waals surface area contributed by atoms with Crippen LogP contribution in [-0.2, 0) is 0 Å². The zero-order valence-electron chi connectivity index (χ0n) is 11.7. The van der Waals surface area contributed by atoms with E-state index in [0.29, 0.717) is 0 Å². The van der Waals surface area contributed by atoms with Crippen molar-refractivity contribution in [3.8, 4) is 11.4 Å². The molecule has 21 heavy (non-hydrogen) atoms. The van der Waals surface area contributed by atoms with E-state index in [1.54, 1.807) is 18.0 Å². The third kappa shape index (κ3) is 2.80. The van der Waals surface area contributed by atoms with Gasteiger partial charge in [0, 0.05) is 11.8 Å². The van der Waals surface area contributed by atoms with Gasteiger partial charge in [-0.25, -0.2) is 4.68 Å². The highest BCUT2D eigenvalue weighted by Gasteiger charge is 2.13. The minimum atomic E-state index is -0.724. The van der Waals surface area contributed by atoms with E-state index in [0.717, 1.165) is 22.6 Å². The van der Waals surface area contributed by atoms with Crippen molar-refractivity contribution in [3.63, 3.8) is 0 Å². The summed E-state index contributed by atoms with van der Waals surface area (Å²) in [5.41, 5.74) is 2.48. The number of methoxy groups -OCH3 is 1. The molecule has 106 valence electrons. The second-order valence-electron chi connectivity index (χ2n) is 4.73. The number of ether oxygens (including phenoxy) is 1. The van der Waals surface area contributed by atoms with E-state index in [-0.39, 0.29) is 0 Å². The summed E-state index contributed by atoms with van der Waals surface area (Å²) in [6.45, 7) is 0. The summed E-state index contributed by atoms with van der Waals surface area (Å²) >= 11 is 0. The largest absolute Gasteiger partial charge is 0.497 e. The van der Waals surface area contributed by atoms with E-state index < -0.39 is 6.10 Å². The molecule has 3 aromatic rings. The Labute approximate surface area is 123 Å². The van der Waals surface area contributed by atoms with Crippen LogP contribution in [0, 0.1) is 0 Å². The second kappa shape index (κ2) is 5.81. The van der Waals surface area contributed by atoms with Gasteiger partial charge in [0.1, 0.15) is 11.9 Å². The van der Waals surface area contributed by atoms with Crippen molar-refractivity contribution >= 4 is 0 Å². The highest BCUT2D eigenvalue weighted by Crippen LogP contribution is 2.25. The first kappa shape index (κ1) is 13.4. The Kier molecular flexibility index (Phi) is 3.71. The van der Waals surface area contributed by atoms with Crippen molar-refractivity contribution in [2.24, 2.45) is 0 Å². The molecule has 4 nitrogen and oxygen atoms in total. The molecular weight excluding hydrogens is 264 g/mol. The minimum Gasteiger partial charge on any atom is -0.497 e. The number of para-hydroxylation sites is 1. The van der Waals surface area contributed by atoms with E-state index in [4.69, 9.17) is 4.74 Å². The summed E-state index contributed by atoms with van der Waals surface area (Å²) < 4.78 is 6.93. The van der Waals surface area contributed by atoms with Crippen LogP contribution in [0.5, 0.6) is 5.75 Å². The predicted molar refractivity (Wildman–Crippen MR) is 80.6 cm³/mol. The first-order chi connectivity index (χ1) is 10.3. The third-order valence-corrected chi connectivity index (χ3v) is 3.35. The van der Waals surface area contributed by atoms with Crippen molar-refractivity contribution in [2.45, 2.75) is 6.10 Å². The van der Waals surface area contributed by atoms with Crippen LogP contribution in [0.2, 0.25) is 0 Å². The van der Waals surface area contributed by atoms with Crippen LogP contribution < -0.4 is 4.74 Å². The zero-order valence-corrected chi connectivity index (χ0v) is 11.7. The van der Waals surface area contributed by atoms with Gasteiger partial charge in [0.25, 0.3) is 0 Å². The predicted octanol–water partition coefficient (Wildman–Crippen LogP) is 2.96. The molecular formula is C17H16N2O2. The van der Waals surface area contributed by atoms with Crippen LogP contribution >= 0.6 is 0 Å². The van der Waals surface area contributed by atoms with Gasteiger partial charge in [-0.3, -0.25) is 0 Å². The normalized spacial score (nSPS) is 12.1. The molecule has 0 aliphatic rings. The average molecular weight is 280 g/mol. The molecule has 0 fully saturated rings. The van der Waals surface area contributed by atoms with Crippen molar-refractivity contribution in [1.29, 1.82) is 0 Å². The summed E-state index contributed by atoms with van der Waals surface area (Å²) in [6.07, 6.45) is 2.79. The number of nitrogens with zero attached hydrogens (tertiary/aromatic N) is 2. The minimum absolute atomic E-state index is 0.724. The fourth-order valence-corrected chi connectivity index (χ4v) is 2.20. The number of aliphatic hydroxyl groups excluding tert-OH is 1. The second-order valence-corrected chi connectivity index (χ2v) is 4.73. The number of hydrogen-bond acceptors (Lipinski definition) is 3. The van der Waals surface area contributed by atoms with Crippen LogP contribution in [0.1, 0.15) is 17.2 Å². The maximum absolute atomic E-state index is 10.5. The van der Waals surface area contributed by atoms with E-state index in [9.17, 15) is 5.11 Å². The molecule has 2 aromatic carbocycles. The van der Waals surface area contributed by atoms with E-state index in [1.165, 1.54) is 0 Å². The van der Waals surface area contributed by atoms with Crippen LogP contribution in [-0.4, -0.2) is 22.0 Å². The van der Waals surface area contributed by atoms with Crippen LogP contribution in [0.15, 0.2) is 67.0 Å². The number of benzene rings is 2. The Morgan fingerprint density at radius 1 is 1.05 bits per heavy atom. The summed E-state index contributed by atoms with van der Waals surface area (Å²) in [4.78, 5) is 0. The number of aromatic nitrogens is 2. The monoisotopic (exact) mass is 280 g/mol. The molecule has 0 radical (unpaired) electrons. The van der Waals surface area contributed by atoms with E-state index in [2.05, 4.69) is 5.10 Å². The summed E-state index contributed by atoms with van der Waals surface area (Å²) in [5.74, 6) is 0.724. The lowest BCUT2D eigenvalue weighted by Crippen LogP contribution is -1.99. The molecule has 1 atom stereocenters. The van der Waals surface area contributed by atoms with E-state index >= 15 is 0 Å². The van der Waals surface area contributed by atoms with Crippen LogP contribution in [0.3, 0.4) is 0 Å². The van der Waals surface area contributed by atoms with Crippen molar-refractivity contribution in [3.05, 3.63) is 78.1 Å². The van der Waals surface area contributed by atoms with Gasteiger partial charge < -0.3 is 9.84 Å². The van der Waals surface area contributed by atoms with Crippen molar-refractivity contribution in [1.82, 2.24) is 9.78 Å². The number of hydrogen-bond donors (Lipinski definition) is 1. The summed E-state index contributed by atoms with van der Waals surface area (Å²) in [7, 11) is 1.61. The maximum atomic E-state index is 10.5. The standard InChI is InChI=1S/C17H16N2O2/c1-21-16-9-5-6-13(10-16)17(20)14-11-18-19(12-14)15-7-3-2-4-8-15/h2-12,17,20H,1H3. The Morgan fingerprint density at radius 3 is 2.62 bits per heavy atom. The SMILES string of the molecule is COc1cccc(C(O)c2cnn(-c3ccccc3)c2)c1. The van der Waals surface area contributed by atoms with Gasteiger partial charge in [-0.1, -0.05) is 30.3 Å². The molecule has 0 saturated heterocycles. The fraction of sp³-hybridized carbons (Fsp3) is 0.118. The van der Waals surface area contributed by atoms with Gasteiger partial charge in [-0.05, 0) is 29.8 Å². The Balaban J connectivity index is 1.88. The molecule has 4 heteroatoms. The van der Waals surface area contributed by atoms with Crippen molar-refractivity contribution < 1.29 is 9.84 Å². The molecule has 0 aliphatic heterocycles. The Hall–Kier alpha value is -2.59. The Morgan fingerprint density at radius 2 is 1.86 bits per heavy atom. The van der Waals surface area contributed by atoms with Gasteiger partial charge in [0.15, 0.2) is 0 Å². The zero-order chi connectivity index (χ0) is 14.7. The number of aliphatic hydroxyl groups is 1. The average Bonchev–Trinajstić information content (AvgIpc) is 3.05. The Bertz CT molecular complexity index is 722. The molecule has 0 bridgehead atoms. The van der Waals surface area contributed by atoms with Crippen LogP contribution in [0.25, 0.3) is 5.69 Å². The topological polar surface area (TPSA) is 47.3 Å². The molecule has 3 rings (SSSR count). The molecule has 0 saturated carbocycles. The maximum Gasteiger partial charge on any atom is 0.119 e. The third-order valence-electron chi connectivity index (χ3n) is 3.35. The summed E-state index contributed by atoms with van der Waals surface area (Å²) in [5, 5.41) is 14.8. The first-order valence-electron chi connectivity index (χ1n) is 6.70. The van der Waals surface area contributed by atoms with Gasteiger partial charge in [0.2, 0.25) is 0 Å². The first-order valence-corrected chi connectivity index (χ1v) is 6.70. The lowest BCUT2D eigenvalue weighted by molar-refractivity contribution is 0.219. The molecule has 0 spiro atoms. The van der Waals surface area contributed by atoms with Gasteiger partial charge in [0.05, 0.1) is 19.0 Å². The van der Waals surface area contributed by atoms with Crippen molar-refractivity contribution in [2.75, 3.05) is 7.11 Å². The molecule has 1 unspecified atom stereocenters. The van der Waals surface area contributed by atoms with E-state index in [1.807, 2.05) is 60.8 Å². The van der Waals surface area contributed by atoms with Gasteiger partial charge in [-0.2, -0.15) is 5.10 Å². The fourth-order valence-electron chi connectivity index (χ4n) is 2.20. The molecule has 1 heterocycles. The molecule has 0 aliphatic carbocycles. The highest BCUT2D eigenvalue weighted by atomic mass is 16.5.